The van der Waals surface area contributed by atoms with Gasteiger partial charge in [-0.3, -0.25) is 4.79 Å². The summed E-state index contributed by atoms with van der Waals surface area (Å²) in [4.78, 5) is 16.9. The second-order valence-corrected chi connectivity index (χ2v) is 6.54. The maximum Gasteiger partial charge on any atom is 0.226 e. The Bertz CT molecular complexity index is 911. The average molecular weight is 350 g/mol. The van der Waals surface area contributed by atoms with Crippen molar-refractivity contribution in [3.05, 3.63) is 48.5 Å². The summed E-state index contributed by atoms with van der Waals surface area (Å²) in [6, 6.07) is 16.0. The first-order valence-corrected chi connectivity index (χ1v) is 8.83. The third kappa shape index (κ3) is 3.47. The first kappa shape index (κ1) is 16.8. The lowest BCUT2D eigenvalue weighted by Gasteiger charge is -2.23. The molecule has 1 amide bonds. The molecule has 0 saturated carbocycles. The van der Waals surface area contributed by atoms with Crippen LogP contribution in [-0.4, -0.2) is 41.3 Å². The van der Waals surface area contributed by atoms with Crippen molar-refractivity contribution in [1.82, 2.24) is 14.9 Å². The van der Waals surface area contributed by atoms with Crippen molar-refractivity contribution in [1.29, 1.82) is 0 Å². The number of fused-ring (bicyclic) bond motifs is 1. The van der Waals surface area contributed by atoms with E-state index in [4.69, 9.17) is 9.72 Å². The van der Waals surface area contributed by atoms with Crippen LogP contribution >= 0.6 is 0 Å². The van der Waals surface area contributed by atoms with E-state index in [1.54, 1.807) is 0 Å². The summed E-state index contributed by atoms with van der Waals surface area (Å²) < 4.78 is 7.46. The molecule has 0 spiro atoms. The van der Waals surface area contributed by atoms with Gasteiger partial charge in [0, 0.05) is 37.3 Å². The van der Waals surface area contributed by atoms with Gasteiger partial charge in [-0.2, -0.15) is 0 Å². The second kappa shape index (κ2) is 7.27. The third-order valence-corrected chi connectivity index (χ3v) is 4.64. The number of carbonyl (C=O) groups excluding carboxylic acids is 1. The van der Waals surface area contributed by atoms with Crippen molar-refractivity contribution in [2.45, 2.75) is 12.5 Å². The van der Waals surface area contributed by atoms with Gasteiger partial charge in [0.25, 0.3) is 0 Å². The zero-order valence-corrected chi connectivity index (χ0v) is 14.7. The zero-order chi connectivity index (χ0) is 17.9. The maximum absolute atomic E-state index is 12.2. The molecule has 3 aromatic rings. The van der Waals surface area contributed by atoms with E-state index < -0.39 is 0 Å². The van der Waals surface area contributed by atoms with Gasteiger partial charge in [0.1, 0.15) is 5.82 Å². The predicted octanol–water partition coefficient (Wildman–Crippen LogP) is 2.56. The van der Waals surface area contributed by atoms with Crippen molar-refractivity contribution in [3.63, 3.8) is 0 Å². The van der Waals surface area contributed by atoms with Crippen LogP contribution in [0.4, 0.5) is 5.69 Å². The first-order valence-electron chi connectivity index (χ1n) is 8.83. The van der Waals surface area contributed by atoms with Crippen LogP contribution in [0, 0.1) is 0 Å². The van der Waals surface area contributed by atoms with Crippen molar-refractivity contribution < 1.29 is 9.53 Å². The summed E-state index contributed by atoms with van der Waals surface area (Å²) in [5.41, 5.74) is 3.88. The number of rotatable bonds is 4. The minimum atomic E-state index is -0.0107. The lowest BCUT2D eigenvalue weighted by molar-refractivity contribution is -0.117. The molecule has 1 unspecified atom stereocenters. The molecule has 0 aliphatic carbocycles. The van der Waals surface area contributed by atoms with Gasteiger partial charge in [0.05, 0.1) is 24.2 Å². The van der Waals surface area contributed by atoms with E-state index in [0.717, 1.165) is 34.7 Å². The summed E-state index contributed by atoms with van der Waals surface area (Å²) in [5.74, 6) is 0.899. The zero-order valence-electron chi connectivity index (χ0n) is 14.7. The highest BCUT2D eigenvalue weighted by Crippen LogP contribution is 2.24. The summed E-state index contributed by atoms with van der Waals surface area (Å²) in [6.07, 6.45) is 0.409. The van der Waals surface area contributed by atoms with Crippen molar-refractivity contribution >= 4 is 22.6 Å². The number of hydrogen-bond donors (Lipinski definition) is 2. The van der Waals surface area contributed by atoms with Crippen molar-refractivity contribution in [3.8, 4) is 11.4 Å². The minimum absolute atomic E-state index is 0.0107. The van der Waals surface area contributed by atoms with Crippen molar-refractivity contribution in [2.24, 2.45) is 7.05 Å². The van der Waals surface area contributed by atoms with Crippen LogP contribution < -0.4 is 10.6 Å². The number of anilines is 1. The molecule has 2 aromatic carbocycles. The number of aryl methyl sites for hydroxylation is 1. The molecule has 6 heteroatoms. The molecular weight excluding hydrogens is 328 g/mol. The number of aromatic nitrogens is 2. The molecule has 1 aromatic heterocycles. The topological polar surface area (TPSA) is 68.2 Å². The Morgan fingerprint density at radius 2 is 2.08 bits per heavy atom. The molecule has 26 heavy (non-hydrogen) atoms. The second-order valence-electron chi connectivity index (χ2n) is 6.54. The van der Waals surface area contributed by atoms with Crippen LogP contribution in [0.15, 0.2) is 48.5 Å². The highest BCUT2D eigenvalue weighted by Gasteiger charge is 2.17. The number of carbonyl (C=O) groups is 1. The Balaban J connectivity index is 1.46. The molecule has 0 radical (unpaired) electrons. The van der Waals surface area contributed by atoms with Gasteiger partial charge in [0.15, 0.2) is 0 Å². The van der Waals surface area contributed by atoms with Gasteiger partial charge in [-0.25, -0.2) is 4.98 Å². The number of benzene rings is 2. The van der Waals surface area contributed by atoms with E-state index in [0.29, 0.717) is 19.6 Å². The average Bonchev–Trinajstić information content (AvgIpc) is 3.00. The molecule has 1 saturated heterocycles. The summed E-state index contributed by atoms with van der Waals surface area (Å²) >= 11 is 0. The normalized spacial score (nSPS) is 17.3. The number of para-hydroxylation sites is 2. The lowest BCUT2D eigenvalue weighted by atomic mass is 10.1. The number of hydrogen-bond acceptors (Lipinski definition) is 4. The van der Waals surface area contributed by atoms with E-state index in [9.17, 15) is 4.79 Å². The van der Waals surface area contributed by atoms with Crippen LogP contribution in [0.2, 0.25) is 0 Å². The molecule has 0 bridgehead atoms. The molecule has 4 rings (SSSR count). The fourth-order valence-electron chi connectivity index (χ4n) is 3.29. The van der Waals surface area contributed by atoms with Gasteiger partial charge in [-0.15, -0.1) is 0 Å². The predicted molar refractivity (Wildman–Crippen MR) is 102 cm³/mol. The van der Waals surface area contributed by atoms with Crippen LogP contribution in [-0.2, 0) is 16.6 Å². The number of nitrogens with one attached hydrogen (secondary N) is 2. The Labute approximate surface area is 152 Å². The number of amides is 1. The van der Waals surface area contributed by atoms with Gasteiger partial charge < -0.3 is 19.9 Å². The van der Waals surface area contributed by atoms with Crippen molar-refractivity contribution in [2.75, 3.05) is 25.1 Å². The van der Waals surface area contributed by atoms with Crippen LogP contribution in [0.1, 0.15) is 6.42 Å². The van der Waals surface area contributed by atoms with Gasteiger partial charge in [0.2, 0.25) is 5.91 Å². The fraction of sp³-hybridized carbons (Fsp3) is 0.300. The quantitative estimate of drug-likeness (QED) is 0.759. The Morgan fingerprint density at radius 3 is 2.81 bits per heavy atom. The monoisotopic (exact) mass is 350 g/mol. The number of nitrogens with zero attached hydrogens (tertiary/aromatic N) is 2. The number of imidazole rings is 1. The SMILES string of the molecule is Cn1c(-c2ccc(NC(=O)CC3COCCN3)cc2)nc2ccccc21. The Morgan fingerprint density at radius 1 is 1.27 bits per heavy atom. The summed E-state index contributed by atoms with van der Waals surface area (Å²) in [5, 5.41) is 6.24. The minimum Gasteiger partial charge on any atom is -0.378 e. The van der Waals surface area contributed by atoms with E-state index >= 15 is 0 Å². The van der Waals surface area contributed by atoms with E-state index in [2.05, 4.69) is 21.3 Å². The highest BCUT2D eigenvalue weighted by molar-refractivity contribution is 5.91. The van der Waals surface area contributed by atoms with Crippen LogP contribution in [0.5, 0.6) is 0 Å². The standard InChI is InChI=1S/C20H22N4O2/c1-24-18-5-3-2-4-17(18)23-20(24)14-6-8-15(9-7-14)22-19(25)12-16-13-26-11-10-21-16/h2-9,16,21H,10-13H2,1H3,(H,22,25). The van der Waals surface area contributed by atoms with E-state index in [1.165, 1.54) is 0 Å². The summed E-state index contributed by atoms with van der Waals surface area (Å²) in [7, 11) is 2.01. The van der Waals surface area contributed by atoms with Gasteiger partial charge >= 0.3 is 0 Å². The third-order valence-electron chi connectivity index (χ3n) is 4.64. The molecular formula is C20H22N4O2. The smallest absolute Gasteiger partial charge is 0.226 e. The Hall–Kier alpha value is -2.70. The molecule has 1 aliphatic heterocycles. The number of ether oxygens (including phenoxy) is 1. The van der Waals surface area contributed by atoms with Gasteiger partial charge in [-0.1, -0.05) is 12.1 Å². The highest BCUT2D eigenvalue weighted by atomic mass is 16.5. The largest absolute Gasteiger partial charge is 0.378 e. The first-order chi connectivity index (χ1) is 12.7. The Kier molecular flexibility index (Phi) is 4.69. The lowest BCUT2D eigenvalue weighted by Crippen LogP contribution is -2.43. The molecule has 1 aliphatic rings. The van der Waals surface area contributed by atoms with E-state index in [1.807, 2.05) is 49.5 Å². The fourth-order valence-corrected chi connectivity index (χ4v) is 3.29. The molecule has 2 N–H and O–H groups in total. The number of morpholine rings is 1. The molecule has 134 valence electrons. The summed E-state index contributed by atoms with van der Waals surface area (Å²) in [6.45, 7) is 2.09. The molecule has 2 heterocycles. The maximum atomic E-state index is 12.2. The van der Waals surface area contributed by atoms with Crippen LogP contribution in [0.25, 0.3) is 22.4 Å². The molecule has 6 nitrogen and oxygen atoms in total. The molecule has 1 fully saturated rings. The van der Waals surface area contributed by atoms with E-state index in [-0.39, 0.29) is 11.9 Å². The van der Waals surface area contributed by atoms with Gasteiger partial charge in [-0.05, 0) is 36.4 Å². The van der Waals surface area contributed by atoms with Crippen LogP contribution in [0.3, 0.4) is 0 Å². The molecule has 1 atom stereocenters.